The molecule has 8 nitrogen and oxygen atoms in total. The number of nitrogens with two attached hydrogens (primary N) is 1. The lowest BCUT2D eigenvalue weighted by atomic mass is 10.2. The smallest absolute Gasteiger partial charge is 0.238 e. The van der Waals surface area contributed by atoms with Gasteiger partial charge < -0.3 is 4.57 Å². The van der Waals surface area contributed by atoms with Crippen LogP contribution in [0.15, 0.2) is 58.6 Å². The predicted molar refractivity (Wildman–Crippen MR) is 117 cm³/mol. The van der Waals surface area contributed by atoms with E-state index in [1.165, 1.54) is 23.9 Å². The van der Waals surface area contributed by atoms with Gasteiger partial charge in [0.15, 0.2) is 5.82 Å². The van der Waals surface area contributed by atoms with Gasteiger partial charge in [-0.25, -0.2) is 23.5 Å². The van der Waals surface area contributed by atoms with Crippen molar-refractivity contribution in [1.29, 1.82) is 0 Å². The topological polar surface area (TPSA) is 120 Å². The molecule has 30 heavy (non-hydrogen) atoms. The normalized spacial score (nSPS) is 11.9. The Morgan fingerprint density at radius 3 is 2.67 bits per heavy atom. The molecule has 3 N–H and O–H groups in total. The quantitative estimate of drug-likeness (QED) is 0.403. The number of sulfonamides is 1. The van der Waals surface area contributed by atoms with E-state index in [1.807, 2.05) is 30.3 Å². The number of fused-ring (bicyclic) bond motifs is 1. The molecule has 0 bridgehead atoms. The average molecular weight is 443 g/mol. The summed E-state index contributed by atoms with van der Waals surface area (Å²) >= 11 is 1.48. The first-order valence-corrected chi connectivity index (χ1v) is 12.1. The molecular formula is C20H22N6O2S2. The molecule has 4 aromatic rings. The SMILES string of the molecule is CCCCn1c(CSc2n[nH]c(-c3ccccc3)n2)nc2cc(S(N)(=O)=O)ccc21. The minimum Gasteiger partial charge on any atom is -0.327 e. The molecule has 0 aliphatic rings. The van der Waals surface area contributed by atoms with Crippen LogP contribution in [0, 0.1) is 0 Å². The van der Waals surface area contributed by atoms with Crippen molar-refractivity contribution >= 4 is 32.8 Å². The number of H-pyrrole nitrogens is 1. The van der Waals surface area contributed by atoms with E-state index >= 15 is 0 Å². The molecule has 0 unspecified atom stereocenters. The first kappa shape index (κ1) is 20.6. The molecule has 156 valence electrons. The van der Waals surface area contributed by atoms with Gasteiger partial charge in [-0.15, -0.1) is 5.10 Å². The van der Waals surface area contributed by atoms with Crippen LogP contribution < -0.4 is 5.14 Å². The Hall–Kier alpha value is -2.69. The van der Waals surface area contributed by atoms with Gasteiger partial charge in [0.1, 0.15) is 5.82 Å². The van der Waals surface area contributed by atoms with E-state index in [0.29, 0.717) is 16.4 Å². The maximum absolute atomic E-state index is 11.7. The lowest BCUT2D eigenvalue weighted by Crippen LogP contribution is -2.11. The van der Waals surface area contributed by atoms with Crippen molar-refractivity contribution in [3.05, 3.63) is 54.4 Å². The zero-order valence-corrected chi connectivity index (χ0v) is 18.1. The molecule has 0 saturated carbocycles. The highest BCUT2D eigenvalue weighted by atomic mass is 32.2. The summed E-state index contributed by atoms with van der Waals surface area (Å²) in [6.07, 6.45) is 2.04. The van der Waals surface area contributed by atoms with Crippen LogP contribution in [0.2, 0.25) is 0 Å². The largest absolute Gasteiger partial charge is 0.327 e. The number of aryl methyl sites for hydroxylation is 1. The lowest BCUT2D eigenvalue weighted by Gasteiger charge is -2.08. The third-order valence-corrected chi connectivity index (χ3v) is 6.46. The van der Waals surface area contributed by atoms with Crippen LogP contribution in [-0.2, 0) is 22.3 Å². The van der Waals surface area contributed by atoms with Gasteiger partial charge in [0.2, 0.25) is 15.2 Å². The van der Waals surface area contributed by atoms with Gasteiger partial charge >= 0.3 is 0 Å². The molecule has 0 radical (unpaired) electrons. The molecule has 0 amide bonds. The molecule has 0 atom stereocenters. The standard InChI is InChI=1S/C20H22N6O2S2/c1-2-3-11-26-17-10-9-15(30(21,27)28)12-16(17)22-18(26)13-29-20-23-19(24-25-20)14-7-5-4-6-8-14/h4-10,12H,2-3,11,13H2,1H3,(H2,21,27,28)(H,23,24,25). The molecular weight excluding hydrogens is 420 g/mol. The highest BCUT2D eigenvalue weighted by Gasteiger charge is 2.16. The van der Waals surface area contributed by atoms with E-state index in [2.05, 4.69) is 31.7 Å². The van der Waals surface area contributed by atoms with Crippen LogP contribution in [0.4, 0.5) is 0 Å². The van der Waals surface area contributed by atoms with Crippen molar-refractivity contribution < 1.29 is 8.42 Å². The van der Waals surface area contributed by atoms with Gasteiger partial charge in [-0.3, -0.25) is 5.10 Å². The number of nitrogens with zero attached hydrogens (tertiary/aromatic N) is 4. The Kier molecular flexibility index (Phi) is 5.89. The number of hydrogen-bond donors (Lipinski definition) is 2. The molecule has 2 aromatic carbocycles. The molecule has 0 saturated heterocycles. The fourth-order valence-corrected chi connectivity index (χ4v) is 4.46. The summed E-state index contributed by atoms with van der Waals surface area (Å²) in [5.74, 6) is 2.13. The summed E-state index contributed by atoms with van der Waals surface area (Å²) in [4.78, 5) is 9.29. The summed E-state index contributed by atoms with van der Waals surface area (Å²) < 4.78 is 25.5. The second-order valence-corrected chi connectivity index (χ2v) is 9.35. The van der Waals surface area contributed by atoms with Crippen LogP contribution in [0.3, 0.4) is 0 Å². The Morgan fingerprint density at radius 1 is 1.13 bits per heavy atom. The average Bonchev–Trinajstić information content (AvgIpc) is 3.34. The van der Waals surface area contributed by atoms with E-state index in [1.54, 1.807) is 6.07 Å². The number of rotatable bonds is 8. The van der Waals surface area contributed by atoms with E-state index in [4.69, 9.17) is 5.14 Å². The van der Waals surface area contributed by atoms with Gasteiger partial charge in [0, 0.05) is 12.1 Å². The van der Waals surface area contributed by atoms with Crippen molar-refractivity contribution in [3.8, 4) is 11.4 Å². The Bertz CT molecular complexity index is 1270. The molecule has 2 heterocycles. The molecule has 0 spiro atoms. The Labute approximate surface area is 179 Å². The molecule has 10 heteroatoms. The highest BCUT2D eigenvalue weighted by Crippen LogP contribution is 2.26. The van der Waals surface area contributed by atoms with Crippen LogP contribution in [0.5, 0.6) is 0 Å². The van der Waals surface area contributed by atoms with Gasteiger partial charge in [-0.05, 0) is 24.6 Å². The number of primary sulfonamides is 1. The number of imidazole rings is 1. The summed E-state index contributed by atoms with van der Waals surface area (Å²) in [7, 11) is -3.77. The van der Waals surface area contributed by atoms with Crippen LogP contribution in [0.1, 0.15) is 25.6 Å². The number of hydrogen-bond acceptors (Lipinski definition) is 6. The molecule has 0 aliphatic heterocycles. The molecule has 0 fully saturated rings. The number of aromatic amines is 1. The first-order valence-electron chi connectivity index (χ1n) is 9.58. The molecule has 0 aliphatic carbocycles. The van der Waals surface area contributed by atoms with Gasteiger partial charge in [-0.2, -0.15) is 0 Å². The minimum atomic E-state index is -3.77. The van der Waals surface area contributed by atoms with Crippen LogP contribution in [0.25, 0.3) is 22.4 Å². The number of thioether (sulfide) groups is 1. The predicted octanol–water partition coefficient (Wildman–Crippen LogP) is 3.56. The van der Waals surface area contributed by atoms with Crippen LogP contribution >= 0.6 is 11.8 Å². The monoisotopic (exact) mass is 442 g/mol. The zero-order chi connectivity index (χ0) is 21.1. The van der Waals surface area contributed by atoms with E-state index in [0.717, 1.165) is 42.1 Å². The number of nitrogens with one attached hydrogen (secondary N) is 1. The van der Waals surface area contributed by atoms with E-state index in [9.17, 15) is 8.42 Å². The van der Waals surface area contributed by atoms with Crippen LogP contribution in [-0.4, -0.2) is 33.2 Å². The van der Waals surface area contributed by atoms with Crippen molar-refractivity contribution in [3.63, 3.8) is 0 Å². The van der Waals surface area contributed by atoms with Gasteiger partial charge in [0.05, 0.1) is 21.7 Å². The summed E-state index contributed by atoms with van der Waals surface area (Å²) in [5.41, 5.74) is 2.49. The maximum Gasteiger partial charge on any atom is 0.238 e. The third-order valence-electron chi connectivity index (χ3n) is 4.71. The molecule has 2 aromatic heterocycles. The fourth-order valence-electron chi connectivity index (χ4n) is 3.18. The fraction of sp³-hybridized carbons (Fsp3) is 0.250. The lowest BCUT2D eigenvalue weighted by molar-refractivity contribution is 0.598. The number of aromatic nitrogens is 5. The number of benzene rings is 2. The van der Waals surface area contributed by atoms with Crippen molar-refractivity contribution in [2.24, 2.45) is 5.14 Å². The summed E-state index contributed by atoms with van der Waals surface area (Å²) in [6.45, 7) is 2.94. The highest BCUT2D eigenvalue weighted by molar-refractivity contribution is 7.98. The minimum absolute atomic E-state index is 0.0656. The second kappa shape index (κ2) is 8.58. The van der Waals surface area contributed by atoms with E-state index in [-0.39, 0.29) is 4.90 Å². The number of unbranched alkanes of at least 4 members (excludes halogenated alkanes) is 1. The van der Waals surface area contributed by atoms with E-state index < -0.39 is 10.0 Å². The summed E-state index contributed by atoms with van der Waals surface area (Å²) in [6, 6.07) is 14.6. The summed E-state index contributed by atoms with van der Waals surface area (Å²) in [5, 5.41) is 13.2. The van der Waals surface area contributed by atoms with Gasteiger partial charge in [0.25, 0.3) is 0 Å². The van der Waals surface area contributed by atoms with Gasteiger partial charge in [-0.1, -0.05) is 55.4 Å². The second-order valence-electron chi connectivity index (χ2n) is 6.85. The Balaban J connectivity index is 1.60. The molecule has 4 rings (SSSR count). The zero-order valence-electron chi connectivity index (χ0n) is 16.4. The maximum atomic E-state index is 11.7. The van der Waals surface area contributed by atoms with Crippen molar-refractivity contribution in [1.82, 2.24) is 24.7 Å². The third kappa shape index (κ3) is 4.40. The van der Waals surface area contributed by atoms with Crippen molar-refractivity contribution in [2.45, 2.75) is 42.1 Å². The first-order chi connectivity index (χ1) is 14.5. The van der Waals surface area contributed by atoms with Crippen molar-refractivity contribution in [2.75, 3.05) is 0 Å². The Morgan fingerprint density at radius 2 is 1.93 bits per heavy atom.